The molecule has 0 saturated carbocycles. The standard InChI is InChI=1S/C20H17ClN4O/c1-12-19(16-7-8-17(10-22)18(21)9-16)13(2)25(24-12)11-14-3-5-15(6-4-14)20(23)26/h3-9H,11H2,1-2H3,(H2,23,26). The summed E-state index contributed by atoms with van der Waals surface area (Å²) in [7, 11) is 0. The molecule has 0 spiro atoms. The topological polar surface area (TPSA) is 84.7 Å². The molecule has 0 unspecified atom stereocenters. The molecule has 6 heteroatoms. The van der Waals surface area contributed by atoms with E-state index in [9.17, 15) is 4.79 Å². The number of nitriles is 1. The van der Waals surface area contributed by atoms with Gasteiger partial charge in [-0.05, 0) is 49.2 Å². The molecule has 130 valence electrons. The Morgan fingerprint density at radius 1 is 1.23 bits per heavy atom. The minimum Gasteiger partial charge on any atom is -0.366 e. The summed E-state index contributed by atoms with van der Waals surface area (Å²) in [5.41, 5.74) is 11.0. The van der Waals surface area contributed by atoms with E-state index >= 15 is 0 Å². The fourth-order valence-electron chi connectivity index (χ4n) is 2.98. The lowest BCUT2D eigenvalue weighted by Crippen LogP contribution is -2.11. The fourth-order valence-corrected chi connectivity index (χ4v) is 3.20. The highest BCUT2D eigenvalue weighted by Crippen LogP contribution is 2.30. The van der Waals surface area contributed by atoms with Crippen LogP contribution in [0.4, 0.5) is 0 Å². The Balaban J connectivity index is 1.94. The van der Waals surface area contributed by atoms with E-state index in [4.69, 9.17) is 22.6 Å². The van der Waals surface area contributed by atoms with Crippen LogP contribution in [0.2, 0.25) is 5.02 Å². The molecular weight excluding hydrogens is 348 g/mol. The Morgan fingerprint density at radius 3 is 2.50 bits per heavy atom. The van der Waals surface area contributed by atoms with Crippen molar-refractivity contribution in [1.29, 1.82) is 5.26 Å². The number of primary amides is 1. The number of aromatic nitrogens is 2. The molecule has 3 aromatic rings. The Morgan fingerprint density at radius 2 is 1.92 bits per heavy atom. The van der Waals surface area contributed by atoms with Crippen molar-refractivity contribution in [1.82, 2.24) is 9.78 Å². The summed E-state index contributed by atoms with van der Waals surface area (Å²) in [4.78, 5) is 11.2. The van der Waals surface area contributed by atoms with Gasteiger partial charge >= 0.3 is 0 Å². The number of rotatable bonds is 4. The van der Waals surface area contributed by atoms with E-state index in [1.165, 1.54) is 0 Å². The van der Waals surface area contributed by atoms with E-state index < -0.39 is 5.91 Å². The molecule has 5 nitrogen and oxygen atoms in total. The van der Waals surface area contributed by atoms with Gasteiger partial charge in [-0.15, -0.1) is 0 Å². The van der Waals surface area contributed by atoms with Crippen molar-refractivity contribution in [3.8, 4) is 17.2 Å². The summed E-state index contributed by atoms with van der Waals surface area (Å²) in [6, 6.07) is 14.6. The highest BCUT2D eigenvalue weighted by Gasteiger charge is 2.15. The zero-order valence-electron chi connectivity index (χ0n) is 14.5. The van der Waals surface area contributed by atoms with Crippen LogP contribution >= 0.6 is 11.6 Å². The van der Waals surface area contributed by atoms with Crippen molar-refractivity contribution in [3.63, 3.8) is 0 Å². The van der Waals surface area contributed by atoms with Gasteiger partial charge in [0.2, 0.25) is 5.91 Å². The third kappa shape index (κ3) is 3.32. The molecule has 1 amide bonds. The van der Waals surface area contributed by atoms with E-state index in [0.717, 1.165) is 28.1 Å². The van der Waals surface area contributed by atoms with Crippen LogP contribution in [0, 0.1) is 25.2 Å². The second kappa shape index (κ2) is 7.03. The molecule has 26 heavy (non-hydrogen) atoms. The predicted octanol–water partition coefficient (Wildman–Crippen LogP) is 3.84. The van der Waals surface area contributed by atoms with Crippen LogP contribution in [0.15, 0.2) is 42.5 Å². The summed E-state index contributed by atoms with van der Waals surface area (Å²) >= 11 is 6.17. The van der Waals surface area contributed by atoms with Gasteiger partial charge in [-0.1, -0.05) is 29.8 Å². The summed E-state index contributed by atoms with van der Waals surface area (Å²) in [5, 5.41) is 14.1. The first-order valence-corrected chi connectivity index (χ1v) is 8.41. The van der Waals surface area contributed by atoms with Crippen LogP contribution in [0.3, 0.4) is 0 Å². The van der Waals surface area contributed by atoms with Crippen LogP contribution in [-0.2, 0) is 6.54 Å². The third-order valence-electron chi connectivity index (χ3n) is 4.33. The lowest BCUT2D eigenvalue weighted by molar-refractivity contribution is 0.100. The number of halogens is 1. The summed E-state index contributed by atoms with van der Waals surface area (Å²) in [5.74, 6) is -0.442. The zero-order valence-corrected chi connectivity index (χ0v) is 15.2. The van der Waals surface area contributed by atoms with Crippen LogP contribution in [0.25, 0.3) is 11.1 Å². The first kappa shape index (κ1) is 17.7. The Bertz CT molecular complexity index is 1030. The number of nitrogens with zero attached hydrogens (tertiary/aromatic N) is 3. The van der Waals surface area contributed by atoms with Gasteiger partial charge in [0, 0.05) is 16.8 Å². The normalized spacial score (nSPS) is 10.5. The zero-order chi connectivity index (χ0) is 18.8. The smallest absolute Gasteiger partial charge is 0.248 e. The number of carbonyl (C=O) groups is 1. The second-order valence-electron chi connectivity index (χ2n) is 6.07. The van der Waals surface area contributed by atoms with Crippen LogP contribution in [0.1, 0.15) is 32.9 Å². The van der Waals surface area contributed by atoms with Crippen molar-refractivity contribution in [3.05, 3.63) is 75.6 Å². The summed E-state index contributed by atoms with van der Waals surface area (Å²) in [6.07, 6.45) is 0. The van der Waals surface area contributed by atoms with Gasteiger partial charge in [0.15, 0.2) is 0 Å². The van der Waals surface area contributed by atoms with Gasteiger partial charge in [0.1, 0.15) is 6.07 Å². The highest BCUT2D eigenvalue weighted by molar-refractivity contribution is 6.32. The first-order chi connectivity index (χ1) is 12.4. The summed E-state index contributed by atoms with van der Waals surface area (Å²) in [6.45, 7) is 4.52. The molecular formula is C20H17ClN4O. The van der Waals surface area contributed by atoms with Crippen molar-refractivity contribution in [2.75, 3.05) is 0 Å². The molecule has 0 saturated heterocycles. The van der Waals surface area contributed by atoms with Crippen molar-refractivity contribution in [2.45, 2.75) is 20.4 Å². The molecule has 1 aromatic heterocycles. The van der Waals surface area contributed by atoms with E-state index in [-0.39, 0.29) is 0 Å². The molecule has 2 aromatic carbocycles. The number of carbonyl (C=O) groups excluding carboxylic acids is 1. The van der Waals surface area contributed by atoms with Crippen molar-refractivity contribution in [2.24, 2.45) is 5.73 Å². The molecule has 0 bridgehead atoms. The number of benzene rings is 2. The van der Waals surface area contributed by atoms with Crippen LogP contribution < -0.4 is 5.73 Å². The molecule has 0 aliphatic heterocycles. The van der Waals surface area contributed by atoms with E-state index in [0.29, 0.717) is 22.7 Å². The van der Waals surface area contributed by atoms with Crippen LogP contribution in [0.5, 0.6) is 0 Å². The monoisotopic (exact) mass is 364 g/mol. The van der Waals surface area contributed by atoms with Gasteiger partial charge < -0.3 is 5.73 Å². The van der Waals surface area contributed by atoms with E-state index in [1.54, 1.807) is 24.3 Å². The number of nitrogens with two attached hydrogens (primary N) is 1. The Hall–Kier alpha value is -3.10. The van der Waals surface area contributed by atoms with Crippen molar-refractivity contribution < 1.29 is 4.79 Å². The SMILES string of the molecule is Cc1nn(Cc2ccc(C(N)=O)cc2)c(C)c1-c1ccc(C#N)c(Cl)c1. The predicted molar refractivity (Wildman–Crippen MR) is 101 cm³/mol. The largest absolute Gasteiger partial charge is 0.366 e. The molecule has 0 fully saturated rings. The Labute approximate surface area is 156 Å². The number of aryl methyl sites for hydroxylation is 1. The van der Waals surface area contributed by atoms with Gasteiger partial charge in [-0.3, -0.25) is 9.48 Å². The van der Waals surface area contributed by atoms with Gasteiger partial charge in [0.25, 0.3) is 0 Å². The average Bonchev–Trinajstić information content (AvgIpc) is 2.89. The maximum absolute atomic E-state index is 11.2. The molecule has 2 N–H and O–H groups in total. The number of hydrogen-bond acceptors (Lipinski definition) is 3. The molecule has 1 heterocycles. The second-order valence-corrected chi connectivity index (χ2v) is 6.48. The van der Waals surface area contributed by atoms with Gasteiger partial charge in [-0.25, -0.2) is 0 Å². The maximum Gasteiger partial charge on any atom is 0.248 e. The van der Waals surface area contributed by atoms with E-state index in [1.807, 2.05) is 36.7 Å². The fraction of sp³-hybridized carbons (Fsp3) is 0.150. The molecule has 0 radical (unpaired) electrons. The lowest BCUT2D eigenvalue weighted by Gasteiger charge is -2.07. The van der Waals surface area contributed by atoms with Gasteiger partial charge in [0.05, 0.1) is 22.8 Å². The van der Waals surface area contributed by atoms with Gasteiger partial charge in [-0.2, -0.15) is 10.4 Å². The minimum atomic E-state index is -0.442. The first-order valence-electron chi connectivity index (χ1n) is 8.03. The number of hydrogen-bond donors (Lipinski definition) is 1. The molecule has 0 atom stereocenters. The molecule has 3 rings (SSSR count). The maximum atomic E-state index is 11.2. The quantitative estimate of drug-likeness (QED) is 0.763. The van der Waals surface area contributed by atoms with E-state index in [2.05, 4.69) is 11.2 Å². The average molecular weight is 365 g/mol. The van der Waals surface area contributed by atoms with Crippen LogP contribution in [-0.4, -0.2) is 15.7 Å². The highest BCUT2D eigenvalue weighted by atomic mass is 35.5. The van der Waals surface area contributed by atoms with Crippen molar-refractivity contribution >= 4 is 17.5 Å². The third-order valence-corrected chi connectivity index (χ3v) is 4.64. The Kier molecular flexibility index (Phi) is 4.79. The minimum absolute atomic E-state index is 0.429. The molecule has 0 aliphatic carbocycles. The summed E-state index contributed by atoms with van der Waals surface area (Å²) < 4.78 is 1.91. The molecule has 0 aliphatic rings. The number of amides is 1. The lowest BCUT2D eigenvalue weighted by atomic mass is 10.0.